The van der Waals surface area contributed by atoms with E-state index in [0.717, 1.165) is 0 Å². The van der Waals surface area contributed by atoms with Gasteiger partial charge in [-0.25, -0.2) is 4.79 Å². The molecule has 1 amide bonds. The summed E-state index contributed by atoms with van der Waals surface area (Å²) in [5.41, 5.74) is 8.11. The highest BCUT2D eigenvalue weighted by Crippen LogP contribution is 1.90. The molecule has 0 aromatic rings. The third kappa shape index (κ3) is 6.10. The van der Waals surface area contributed by atoms with E-state index in [4.69, 9.17) is 10.3 Å². The van der Waals surface area contributed by atoms with Crippen LogP contribution in [0.15, 0.2) is 5.11 Å². The lowest BCUT2D eigenvalue weighted by Crippen LogP contribution is -2.40. The molecule has 7 heteroatoms. The summed E-state index contributed by atoms with van der Waals surface area (Å²) in [6, 6.07) is -0.349. The van der Waals surface area contributed by atoms with Gasteiger partial charge < -0.3 is 14.8 Å². The molecule has 0 unspecified atom stereocenters. The predicted molar refractivity (Wildman–Crippen MR) is 49.8 cm³/mol. The Balaban J connectivity index is 3.95. The van der Waals surface area contributed by atoms with E-state index < -0.39 is 6.09 Å². The first-order valence-electron chi connectivity index (χ1n) is 4.17. The summed E-state index contributed by atoms with van der Waals surface area (Å²) in [4.78, 5) is 13.4. The first-order chi connectivity index (χ1) is 6.74. The molecular formula is C7H14N4O3. The summed E-state index contributed by atoms with van der Waals surface area (Å²) in [5.74, 6) is 0. The highest BCUT2D eigenvalue weighted by atomic mass is 16.5. The standard InChI is InChI=1S/C7H14N4O3/c1-3-14-5-6(4-9-11-8)10-7(12)13-2/h6H,3-5H2,1-2H3,(H,10,12)/t6-/m1/s1. The van der Waals surface area contributed by atoms with Gasteiger partial charge in [-0.15, -0.1) is 0 Å². The van der Waals surface area contributed by atoms with E-state index in [-0.39, 0.29) is 12.6 Å². The summed E-state index contributed by atoms with van der Waals surface area (Å²) in [7, 11) is 1.26. The Labute approximate surface area is 82.0 Å². The number of alkyl carbamates (subject to hydrolysis) is 1. The normalized spacial score (nSPS) is 11.3. The second-order valence-electron chi connectivity index (χ2n) is 2.41. The van der Waals surface area contributed by atoms with E-state index in [9.17, 15) is 4.79 Å². The van der Waals surface area contributed by atoms with Gasteiger partial charge in [0.1, 0.15) is 0 Å². The smallest absolute Gasteiger partial charge is 0.407 e. The van der Waals surface area contributed by atoms with Crippen molar-refractivity contribution in [2.45, 2.75) is 13.0 Å². The minimum Gasteiger partial charge on any atom is -0.453 e. The first kappa shape index (κ1) is 12.5. The third-order valence-corrected chi connectivity index (χ3v) is 1.40. The quantitative estimate of drug-likeness (QED) is 0.396. The number of hydrogen-bond acceptors (Lipinski definition) is 4. The summed E-state index contributed by atoms with van der Waals surface area (Å²) in [6.07, 6.45) is -0.567. The van der Waals surface area contributed by atoms with Crippen LogP contribution < -0.4 is 5.32 Å². The van der Waals surface area contributed by atoms with Crippen molar-refractivity contribution in [3.05, 3.63) is 10.4 Å². The molecule has 0 bridgehead atoms. The van der Waals surface area contributed by atoms with Crippen LogP contribution in [0.5, 0.6) is 0 Å². The average Bonchev–Trinajstić information content (AvgIpc) is 2.21. The molecular weight excluding hydrogens is 188 g/mol. The zero-order valence-corrected chi connectivity index (χ0v) is 8.27. The lowest BCUT2D eigenvalue weighted by atomic mass is 10.3. The molecule has 0 heterocycles. The maximum atomic E-state index is 10.8. The van der Waals surface area contributed by atoms with E-state index in [1.807, 2.05) is 6.92 Å². The maximum absolute atomic E-state index is 10.8. The van der Waals surface area contributed by atoms with Crippen molar-refractivity contribution in [1.29, 1.82) is 0 Å². The van der Waals surface area contributed by atoms with Crippen molar-refractivity contribution in [2.75, 3.05) is 26.9 Å². The molecule has 1 atom stereocenters. The largest absolute Gasteiger partial charge is 0.453 e. The Bertz CT molecular complexity index is 215. The van der Waals surface area contributed by atoms with Gasteiger partial charge in [0, 0.05) is 18.1 Å². The number of carbonyl (C=O) groups excluding carboxylic acids is 1. The average molecular weight is 202 g/mol. The molecule has 0 saturated heterocycles. The second-order valence-corrected chi connectivity index (χ2v) is 2.41. The maximum Gasteiger partial charge on any atom is 0.407 e. The zero-order chi connectivity index (χ0) is 10.8. The lowest BCUT2D eigenvalue weighted by Gasteiger charge is -2.14. The minimum atomic E-state index is -0.567. The number of azide groups is 1. The Morgan fingerprint density at radius 1 is 1.71 bits per heavy atom. The van der Waals surface area contributed by atoms with Gasteiger partial charge in [-0.2, -0.15) is 0 Å². The minimum absolute atomic E-state index is 0.144. The second kappa shape index (κ2) is 8.15. The van der Waals surface area contributed by atoms with Gasteiger partial charge in [0.15, 0.2) is 0 Å². The van der Waals surface area contributed by atoms with Crippen LogP contribution in [-0.4, -0.2) is 39.0 Å². The number of rotatable bonds is 6. The zero-order valence-electron chi connectivity index (χ0n) is 8.27. The van der Waals surface area contributed by atoms with Crippen LogP contribution in [0.4, 0.5) is 4.79 Å². The molecule has 0 saturated carbocycles. The first-order valence-corrected chi connectivity index (χ1v) is 4.17. The Morgan fingerprint density at radius 2 is 2.43 bits per heavy atom. The van der Waals surface area contributed by atoms with Crippen molar-refractivity contribution in [3.8, 4) is 0 Å². The molecule has 0 spiro atoms. The Morgan fingerprint density at radius 3 is 2.93 bits per heavy atom. The summed E-state index contributed by atoms with van der Waals surface area (Å²) in [6.45, 7) is 2.81. The van der Waals surface area contributed by atoms with Gasteiger partial charge in [-0.05, 0) is 12.5 Å². The highest BCUT2D eigenvalue weighted by Gasteiger charge is 2.10. The SMILES string of the molecule is CCOC[C@@H](CN=[N+]=[N-])NC(=O)OC. The van der Waals surface area contributed by atoms with E-state index >= 15 is 0 Å². The Hall–Kier alpha value is -1.46. The van der Waals surface area contributed by atoms with Crippen LogP contribution in [0, 0.1) is 0 Å². The molecule has 0 rings (SSSR count). The lowest BCUT2D eigenvalue weighted by molar-refractivity contribution is 0.116. The number of nitrogens with one attached hydrogen (secondary N) is 1. The van der Waals surface area contributed by atoms with E-state index in [1.165, 1.54) is 7.11 Å². The number of ether oxygens (including phenoxy) is 2. The van der Waals surface area contributed by atoms with Crippen LogP contribution in [0.25, 0.3) is 10.4 Å². The molecule has 14 heavy (non-hydrogen) atoms. The fraction of sp³-hybridized carbons (Fsp3) is 0.857. The molecule has 1 N–H and O–H groups in total. The molecule has 0 aliphatic heterocycles. The Kier molecular flexibility index (Phi) is 7.30. The van der Waals surface area contributed by atoms with Crippen molar-refractivity contribution in [3.63, 3.8) is 0 Å². The predicted octanol–water partition coefficient (Wildman–Crippen LogP) is 1.06. The summed E-state index contributed by atoms with van der Waals surface area (Å²) in [5, 5.41) is 5.83. The van der Waals surface area contributed by atoms with E-state index in [0.29, 0.717) is 13.2 Å². The van der Waals surface area contributed by atoms with Crippen molar-refractivity contribution in [2.24, 2.45) is 5.11 Å². The van der Waals surface area contributed by atoms with Crippen LogP contribution in [0.3, 0.4) is 0 Å². The molecule has 0 radical (unpaired) electrons. The third-order valence-electron chi connectivity index (χ3n) is 1.40. The fourth-order valence-corrected chi connectivity index (χ4v) is 0.761. The van der Waals surface area contributed by atoms with E-state index in [1.54, 1.807) is 0 Å². The summed E-state index contributed by atoms with van der Waals surface area (Å²) < 4.78 is 9.48. The molecule has 0 aromatic carbocycles. The van der Waals surface area contributed by atoms with Gasteiger partial charge in [0.2, 0.25) is 0 Å². The molecule has 0 aromatic heterocycles. The molecule has 7 nitrogen and oxygen atoms in total. The van der Waals surface area contributed by atoms with Gasteiger partial charge >= 0.3 is 6.09 Å². The van der Waals surface area contributed by atoms with Gasteiger partial charge in [0.25, 0.3) is 0 Å². The topological polar surface area (TPSA) is 96.3 Å². The van der Waals surface area contributed by atoms with Crippen LogP contribution in [0.2, 0.25) is 0 Å². The molecule has 0 aliphatic rings. The number of nitrogens with zero attached hydrogens (tertiary/aromatic N) is 3. The number of hydrogen-bond donors (Lipinski definition) is 1. The summed E-state index contributed by atoms with van der Waals surface area (Å²) >= 11 is 0. The number of carbonyl (C=O) groups is 1. The van der Waals surface area contributed by atoms with Gasteiger partial charge in [-0.1, -0.05) is 5.11 Å². The van der Waals surface area contributed by atoms with Crippen LogP contribution in [0.1, 0.15) is 6.92 Å². The van der Waals surface area contributed by atoms with Crippen molar-refractivity contribution in [1.82, 2.24) is 5.32 Å². The van der Waals surface area contributed by atoms with Gasteiger partial charge in [0.05, 0.1) is 19.8 Å². The molecule has 0 fully saturated rings. The number of amides is 1. The molecule has 80 valence electrons. The monoisotopic (exact) mass is 202 g/mol. The fourth-order valence-electron chi connectivity index (χ4n) is 0.761. The van der Waals surface area contributed by atoms with Crippen LogP contribution >= 0.6 is 0 Å². The molecule has 0 aliphatic carbocycles. The van der Waals surface area contributed by atoms with Crippen molar-refractivity contribution < 1.29 is 14.3 Å². The highest BCUT2D eigenvalue weighted by molar-refractivity contribution is 5.67. The van der Waals surface area contributed by atoms with E-state index in [2.05, 4.69) is 20.1 Å². The van der Waals surface area contributed by atoms with Crippen molar-refractivity contribution >= 4 is 6.09 Å². The van der Waals surface area contributed by atoms with Crippen LogP contribution in [-0.2, 0) is 9.47 Å². The number of methoxy groups -OCH3 is 1. The van der Waals surface area contributed by atoms with Gasteiger partial charge in [-0.3, -0.25) is 0 Å².